The van der Waals surface area contributed by atoms with Gasteiger partial charge in [0.15, 0.2) is 0 Å². The number of halogens is 1. The van der Waals surface area contributed by atoms with E-state index < -0.39 is 0 Å². The molecule has 0 aliphatic rings. The Kier molecular flexibility index (Phi) is 4.34. The number of benzene rings is 1. The predicted octanol–water partition coefficient (Wildman–Crippen LogP) is 3.89. The molecule has 0 unspecified atom stereocenters. The van der Waals surface area contributed by atoms with Gasteiger partial charge in [-0.05, 0) is 42.7 Å². The van der Waals surface area contributed by atoms with E-state index in [1.165, 1.54) is 11.1 Å². The molecule has 0 amide bonds. The van der Waals surface area contributed by atoms with Crippen LogP contribution in [0, 0.1) is 6.92 Å². The molecule has 0 spiro atoms. The van der Waals surface area contributed by atoms with Crippen LogP contribution in [0.3, 0.4) is 0 Å². The molecule has 3 heteroatoms. The van der Waals surface area contributed by atoms with Crippen LogP contribution < -0.4 is 5.32 Å². The normalized spacial score (nSPS) is 12.4. The molecule has 0 saturated heterocycles. The lowest BCUT2D eigenvalue weighted by Crippen LogP contribution is -2.18. The van der Waals surface area contributed by atoms with Crippen LogP contribution in [0.25, 0.3) is 0 Å². The van der Waals surface area contributed by atoms with E-state index in [0.717, 1.165) is 17.1 Å². The Morgan fingerprint density at radius 1 is 1.33 bits per heavy atom. The van der Waals surface area contributed by atoms with Gasteiger partial charge in [0, 0.05) is 30.0 Å². The summed E-state index contributed by atoms with van der Waals surface area (Å²) in [5, 5.41) is 4.29. The van der Waals surface area contributed by atoms with E-state index in [-0.39, 0.29) is 6.04 Å². The van der Waals surface area contributed by atoms with Gasteiger partial charge in [0.25, 0.3) is 0 Å². The standard InChI is InChI=1S/C15H17ClN2/c1-11-5-6-13(8-15(11)16)9-18-12(2)14-4-3-7-17-10-14/h3-8,10,12,18H,9H2,1-2H3/t12-/m0/s1. The summed E-state index contributed by atoms with van der Waals surface area (Å²) in [6, 6.07) is 10.5. The highest BCUT2D eigenvalue weighted by Gasteiger charge is 2.05. The van der Waals surface area contributed by atoms with Gasteiger partial charge in [0.2, 0.25) is 0 Å². The van der Waals surface area contributed by atoms with Crippen molar-refractivity contribution in [1.29, 1.82) is 0 Å². The van der Waals surface area contributed by atoms with Gasteiger partial charge in [-0.25, -0.2) is 0 Å². The number of pyridine rings is 1. The Labute approximate surface area is 113 Å². The third kappa shape index (κ3) is 3.31. The highest BCUT2D eigenvalue weighted by molar-refractivity contribution is 6.31. The number of nitrogens with zero attached hydrogens (tertiary/aromatic N) is 1. The number of hydrogen-bond acceptors (Lipinski definition) is 2. The second kappa shape index (κ2) is 5.98. The topological polar surface area (TPSA) is 24.9 Å². The summed E-state index contributed by atoms with van der Waals surface area (Å²) < 4.78 is 0. The molecular formula is C15H17ClN2. The zero-order valence-corrected chi connectivity index (χ0v) is 11.4. The summed E-state index contributed by atoms with van der Waals surface area (Å²) in [5.74, 6) is 0. The monoisotopic (exact) mass is 260 g/mol. The van der Waals surface area contributed by atoms with E-state index in [1.807, 2.05) is 31.3 Å². The first-order valence-electron chi connectivity index (χ1n) is 6.05. The summed E-state index contributed by atoms with van der Waals surface area (Å²) in [7, 11) is 0. The SMILES string of the molecule is Cc1ccc(CN[C@@H](C)c2cccnc2)cc1Cl. The van der Waals surface area contributed by atoms with Gasteiger partial charge in [-0.2, -0.15) is 0 Å². The van der Waals surface area contributed by atoms with Crippen LogP contribution in [0.15, 0.2) is 42.7 Å². The smallest absolute Gasteiger partial charge is 0.0438 e. The third-order valence-corrected chi connectivity index (χ3v) is 3.44. The Bertz CT molecular complexity index is 511. The summed E-state index contributed by atoms with van der Waals surface area (Å²) in [5.41, 5.74) is 3.50. The highest BCUT2D eigenvalue weighted by atomic mass is 35.5. The molecule has 1 heterocycles. The van der Waals surface area contributed by atoms with Gasteiger partial charge in [-0.15, -0.1) is 0 Å². The van der Waals surface area contributed by atoms with Gasteiger partial charge in [0.1, 0.15) is 0 Å². The minimum atomic E-state index is 0.277. The van der Waals surface area contributed by atoms with E-state index in [2.05, 4.69) is 29.4 Å². The molecule has 2 rings (SSSR count). The molecule has 0 aliphatic heterocycles. The van der Waals surface area contributed by atoms with Crippen LogP contribution >= 0.6 is 11.6 Å². The first-order valence-corrected chi connectivity index (χ1v) is 6.43. The highest BCUT2D eigenvalue weighted by Crippen LogP contribution is 2.17. The molecule has 0 aliphatic carbocycles. The molecule has 0 fully saturated rings. The summed E-state index contributed by atoms with van der Waals surface area (Å²) in [6.45, 7) is 4.95. The fourth-order valence-corrected chi connectivity index (χ4v) is 1.97. The number of aromatic nitrogens is 1. The Hall–Kier alpha value is -1.38. The molecule has 0 radical (unpaired) electrons. The van der Waals surface area contributed by atoms with Gasteiger partial charge in [-0.1, -0.05) is 29.8 Å². The second-order valence-corrected chi connectivity index (χ2v) is 4.88. The maximum Gasteiger partial charge on any atom is 0.0438 e. The third-order valence-electron chi connectivity index (χ3n) is 3.03. The maximum absolute atomic E-state index is 6.11. The molecule has 0 saturated carbocycles. The van der Waals surface area contributed by atoms with Crippen LogP contribution in [0.2, 0.25) is 5.02 Å². The van der Waals surface area contributed by atoms with E-state index in [4.69, 9.17) is 11.6 Å². The zero-order chi connectivity index (χ0) is 13.0. The first kappa shape index (κ1) is 13.1. The van der Waals surface area contributed by atoms with Crippen LogP contribution in [0.5, 0.6) is 0 Å². The van der Waals surface area contributed by atoms with E-state index >= 15 is 0 Å². The molecule has 2 aromatic rings. The Morgan fingerprint density at radius 3 is 2.83 bits per heavy atom. The minimum Gasteiger partial charge on any atom is -0.306 e. The van der Waals surface area contributed by atoms with Crippen molar-refractivity contribution in [2.24, 2.45) is 0 Å². The van der Waals surface area contributed by atoms with Crippen molar-refractivity contribution in [3.8, 4) is 0 Å². The van der Waals surface area contributed by atoms with E-state index in [0.29, 0.717) is 0 Å². The number of rotatable bonds is 4. The number of aryl methyl sites for hydroxylation is 1. The van der Waals surface area contributed by atoms with Crippen LogP contribution in [-0.4, -0.2) is 4.98 Å². The Balaban J connectivity index is 1.97. The molecule has 18 heavy (non-hydrogen) atoms. The van der Waals surface area contributed by atoms with Gasteiger partial charge >= 0.3 is 0 Å². The summed E-state index contributed by atoms with van der Waals surface area (Å²) in [4.78, 5) is 4.13. The average molecular weight is 261 g/mol. The molecular weight excluding hydrogens is 244 g/mol. The van der Waals surface area contributed by atoms with E-state index in [1.54, 1.807) is 6.20 Å². The second-order valence-electron chi connectivity index (χ2n) is 4.47. The number of nitrogens with one attached hydrogen (secondary N) is 1. The van der Waals surface area contributed by atoms with Crippen molar-refractivity contribution >= 4 is 11.6 Å². The van der Waals surface area contributed by atoms with Crippen molar-refractivity contribution in [2.45, 2.75) is 26.4 Å². The minimum absolute atomic E-state index is 0.277. The van der Waals surface area contributed by atoms with E-state index in [9.17, 15) is 0 Å². The fraction of sp³-hybridized carbons (Fsp3) is 0.267. The molecule has 1 atom stereocenters. The van der Waals surface area contributed by atoms with Crippen LogP contribution in [0.1, 0.15) is 29.7 Å². The lowest BCUT2D eigenvalue weighted by atomic mass is 10.1. The van der Waals surface area contributed by atoms with Crippen LogP contribution in [0.4, 0.5) is 0 Å². The van der Waals surface area contributed by atoms with Crippen molar-refractivity contribution < 1.29 is 0 Å². The quantitative estimate of drug-likeness (QED) is 0.902. The average Bonchev–Trinajstić information content (AvgIpc) is 2.41. The lowest BCUT2D eigenvalue weighted by molar-refractivity contribution is 0.573. The molecule has 1 N–H and O–H groups in total. The summed E-state index contributed by atoms with van der Waals surface area (Å²) >= 11 is 6.11. The first-order chi connectivity index (χ1) is 8.66. The predicted molar refractivity (Wildman–Crippen MR) is 75.7 cm³/mol. The lowest BCUT2D eigenvalue weighted by Gasteiger charge is -2.14. The van der Waals surface area contributed by atoms with Crippen molar-refractivity contribution in [2.75, 3.05) is 0 Å². The Morgan fingerprint density at radius 2 is 2.17 bits per heavy atom. The molecule has 1 aromatic carbocycles. The molecule has 1 aromatic heterocycles. The van der Waals surface area contributed by atoms with Crippen molar-refractivity contribution in [3.63, 3.8) is 0 Å². The largest absolute Gasteiger partial charge is 0.306 e. The molecule has 0 bridgehead atoms. The zero-order valence-electron chi connectivity index (χ0n) is 10.7. The molecule has 94 valence electrons. The van der Waals surface area contributed by atoms with Crippen LogP contribution in [-0.2, 0) is 6.54 Å². The van der Waals surface area contributed by atoms with Gasteiger partial charge < -0.3 is 5.32 Å². The van der Waals surface area contributed by atoms with Crippen molar-refractivity contribution in [1.82, 2.24) is 10.3 Å². The number of hydrogen-bond donors (Lipinski definition) is 1. The maximum atomic E-state index is 6.11. The van der Waals surface area contributed by atoms with Gasteiger partial charge in [0.05, 0.1) is 0 Å². The fourth-order valence-electron chi connectivity index (χ4n) is 1.77. The molecule has 2 nitrogen and oxygen atoms in total. The van der Waals surface area contributed by atoms with Gasteiger partial charge in [-0.3, -0.25) is 4.98 Å². The summed E-state index contributed by atoms with van der Waals surface area (Å²) in [6.07, 6.45) is 3.68. The van der Waals surface area contributed by atoms with Crippen molar-refractivity contribution in [3.05, 3.63) is 64.4 Å².